The molecule has 1 N–H and O–H groups in total. The first-order valence-electron chi connectivity index (χ1n) is 10.4. The average molecular weight is 415 g/mol. The van der Waals surface area contributed by atoms with Crippen LogP contribution in [-0.4, -0.2) is 86.7 Å². The number of aliphatic hydroxyl groups excluding tert-OH is 1. The van der Waals surface area contributed by atoms with Gasteiger partial charge >= 0.3 is 0 Å². The number of ether oxygens (including phenoxy) is 4. The van der Waals surface area contributed by atoms with E-state index in [9.17, 15) is 5.11 Å². The van der Waals surface area contributed by atoms with Crippen LogP contribution in [0.5, 0.6) is 23.0 Å². The number of rotatable bonds is 8. The quantitative estimate of drug-likeness (QED) is 0.708. The fourth-order valence-electron chi connectivity index (χ4n) is 3.93. The molecule has 0 amide bonds. The van der Waals surface area contributed by atoms with Gasteiger partial charge < -0.3 is 24.1 Å². The molecule has 0 bridgehead atoms. The monoisotopic (exact) mass is 414 g/mol. The maximum atomic E-state index is 10.5. The fraction of sp³-hybridized carbons (Fsp3) is 0.478. The number of hydrogen-bond donors (Lipinski definition) is 1. The van der Waals surface area contributed by atoms with Gasteiger partial charge in [-0.3, -0.25) is 9.80 Å². The smallest absolute Gasteiger partial charge is 0.161 e. The molecule has 2 aromatic rings. The van der Waals surface area contributed by atoms with Crippen LogP contribution in [0.4, 0.5) is 0 Å². The van der Waals surface area contributed by atoms with Crippen molar-refractivity contribution in [3.63, 3.8) is 0 Å². The minimum Gasteiger partial charge on any atom is -0.486 e. The summed E-state index contributed by atoms with van der Waals surface area (Å²) in [5, 5.41) is 10.5. The molecule has 2 unspecified atom stereocenters. The Morgan fingerprint density at radius 2 is 1.17 bits per heavy atom. The van der Waals surface area contributed by atoms with Crippen LogP contribution in [0.3, 0.4) is 0 Å². The van der Waals surface area contributed by atoms with E-state index in [1.54, 1.807) is 0 Å². The lowest BCUT2D eigenvalue weighted by molar-refractivity contribution is 0.0293. The number of fused-ring (bicyclic) bond motifs is 2. The lowest BCUT2D eigenvalue weighted by atomic mass is 10.2. The summed E-state index contributed by atoms with van der Waals surface area (Å²) in [6, 6.07) is 15.4. The van der Waals surface area contributed by atoms with Crippen LogP contribution < -0.4 is 18.9 Å². The zero-order valence-corrected chi connectivity index (χ0v) is 17.6. The SMILES string of the molecule is CN(CC(O)CN(C)CC1COc2ccccc2O1)CC1COc2ccccc2O1. The van der Waals surface area contributed by atoms with Crippen molar-refractivity contribution >= 4 is 0 Å². The number of benzene rings is 2. The zero-order valence-electron chi connectivity index (χ0n) is 17.6. The molecule has 0 radical (unpaired) electrons. The molecule has 7 nitrogen and oxygen atoms in total. The summed E-state index contributed by atoms with van der Waals surface area (Å²) in [4.78, 5) is 4.16. The molecule has 162 valence electrons. The third-order valence-electron chi connectivity index (χ3n) is 5.21. The van der Waals surface area contributed by atoms with Gasteiger partial charge in [-0.1, -0.05) is 24.3 Å². The van der Waals surface area contributed by atoms with Crippen molar-refractivity contribution in [3.8, 4) is 23.0 Å². The van der Waals surface area contributed by atoms with Gasteiger partial charge in [0.05, 0.1) is 6.10 Å². The maximum absolute atomic E-state index is 10.5. The number of para-hydroxylation sites is 4. The predicted octanol–water partition coefficient (Wildman–Crippen LogP) is 1.89. The molecule has 2 atom stereocenters. The molecule has 4 rings (SSSR count). The van der Waals surface area contributed by atoms with E-state index in [4.69, 9.17) is 18.9 Å². The molecule has 30 heavy (non-hydrogen) atoms. The average Bonchev–Trinajstić information content (AvgIpc) is 2.73. The molecule has 0 spiro atoms. The topological polar surface area (TPSA) is 63.6 Å². The molecular formula is C23H30N2O5. The van der Waals surface area contributed by atoms with E-state index < -0.39 is 6.10 Å². The molecule has 2 aliphatic heterocycles. The third-order valence-corrected chi connectivity index (χ3v) is 5.21. The van der Waals surface area contributed by atoms with Crippen LogP contribution in [0.1, 0.15) is 0 Å². The van der Waals surface area contributed by atoms with Crippen molar-refractivity contribution in [1.82, 2.24) is 9.80 Å². The molecule has 0 fully saturated rings. The van der Waals surface area contributed by atoms with Gasteiger partial charge in [0.1, 0.15) is 25.4 Å². The van der Waals surface area contributed by atoms with Gasteiger partial charge in [0, 0.05) is 26.2 Å². The van der Waals surface area contributed by atoms with Gasteiger partial charge in [-0.15, -0.1) is 0 Å². The standard InChI is InChI=1S/C23H30N2O5/c1-24(13-18-15-27-20-7-3-5-9-22(20)29-18)11-17(26)12-25(2)14-19-16-28-21-8-4-6-10-23(21)30-19/h3-10,17-19,26H,11-16H2,1-2H3. The van der Waals surface area contributed by atoms with Crippen LogP contribution in [0.25, 0.3) is 0 Å². The lowest BCUT2D eigenvalue weighted by Gasteiger charge is -2.32. The summed E-state index contributed by atoms with van der Waals surface area (Å²) in [5.41, 5.74) is 0. The predicted molar refractivity (Wildman–Crippen MR) is 114 cm³/mol. The Morgan fingerprint density at radius 3 is 1.60 bits per heavy atom. The van der Waals surface area contributed by atoms with Crippen molar-refractivity contribution in [2.45, 2.75) is 18.3 Å². The first kappa shape index (κ1) is 20.8. The molecular weight excluding hydrogens is 384 g/mol. The Balaban J connectivity index is 1.18. The summed E-state index contributed by atoms with van der Waals surface area (Å²) >= 11 is 0. The Kier molecular flexibility index (Phi) is 6.62. The molecule has 0 saturated carbocycles. The second-order valence-electron chi connectivity index (χ2n) is 8.09. The van der Waals surface area contributed by atoms with E-state index in [0.29, 0.717) is 39.4 Å². The van der Waals surface area contributed by atoms with Crippen LogP contribution in [0.2, 0.25) is 0 Å². The fourth-order valence-corrected chi connectivity index (χ4v) is 3.93. The van der Waals surface area contributed by atoms with Crippen molar-refractivity contribution < 1.29 is 24.1 Å². The van der Waals surface area contributed by atoms with E-state index in [0.717, 1.165) is 23.0 Å². The number of hydrogen-bond acceptors (Lipinski definition) is 7. The van der Waals surface area contributed by atoms with Gasteiger partial charge in [0.2, 0.25) is 0 Å². The molecule has 0 aromatic heterocycles. The van der Waals surface area contributed by atoms with Gasteiger partial charge in [0.15, 0.2) is 23.0 Å². The zero-order chi connectivity index (χ0) is 20.9. The van der Waals surface area contributed by atoms with Crippen molar-refractivity contribution in [1.29, 1.82) is 0 Å². The number of nitrogens with zero attached hydrogens (tertiary/aromatic N) is 2. The van der Waals surface area contributed by atoms with Crippen LogP contribution in [0.15, 0.2) is 48.5 Å². The minimum atomic E-state index is -0.478. The van der Waals surface area contributed by atoms with E-state index in [1.165, 1.54) is 0 Å². The van der Waals surface area contributed by atoms with Gasteiger partial charge in [-0.25, -0.2) is 0 Å². The molecule has 0 saturated heterocycles. The van der Waals surface area contributed by atoms with E-state index in [2.05, 4.69) is 9.80 Å². The Bertz CT molecular complexity index is 765. The summed E-state index contributed by atoms with van der Waals surface area (Å²) in [6.45, 7) is 3.50. The largest absolute Gasteiger partial charge is 0.486 e. The third kappa shape index (κ3) is 5.36. The highest BCUT2D eigenvalue weighted by Gasteiger charge is 2.25. The second kappa shape index (κ2) is 9.55. The van der Waals surface area contributed by atoms with Crippen molar-refractivity contribution in [2.24, 2.45) is 0 Å². The molecule has 2 aliphatic rings. The number of likely N-dealkylation sites (N-methyl/N-ethyl adjacent to an activating group) is 2. The van der Waals surface area contributed by atoms with Crippen molar-refractivity contribution in [2.75, 3.05) is 53.5 Å². The van der Waals surface area contributed by atoms with Gasteiger partial charge in [-0.2, -0.15) is 0 Å². The minimum absolute atomic E-state index is 0.0531. The second-order valence-corrected chi connectivity index (χ2v) is 8.09. The summed E-state index contributed by atoms with van der Waals surface area (Å²) < 4.78 is 23.5. The first-order chi connectivity index (χ1) is 14.6. The molecule has 2 heterocycles. The van der Waals surface area contributed by atoms with Crippen LogP contribution in [0, 0.1) is 0 Å². The highest BCUT2D eigenvalue weighted by molar-refractivity contribution is 5.41. The molecule has 0 aliphatic carbocycles. The lowest BCUT2D eigenvalue weighted by Crippen LogP contribution is -2.46. The summed E-state index contributed by atoms with van der Waals surface area (Å²) in [7, 11) is 3.98. The number of aliphatic hydroxyl groups is 1. The van der Waals surface area contributed by atoms with Crippen molar-refractivity contribution in [3.05, 3.63) is 48.5 Å². The normalized spacial score (nSPS) is 21.0. The van der Waals surface area contributed by atoms with Crippen LogP contribution in [-0.2, 0) is 0 Å². The molecule has 2 aromatic carbocycles. The Hall–Kier alpha value is -2.48. The van der Waals surface area contributed by atoms with Gasteiger partial charge in [-0.05, 0) is 38.4 Å². The summed E-state index contributed by atoms with van der Waals surface area (Å²) in [5.74, 6) is 3.13. The Labute approximate surface area is 177 Å². The van der Waals surface area contributed by atoms with E-state index >= 15 is 0 Å². The summed E-state index contributed by atoms with van der Waals surface area (Å²) in [6.07, 6.45) is -0.584. The van der Waals surface area contributed by atoms with E-state index in [-0.39, 0.29) is 12.2 Å². The maximum Gasteiger partial charge on any atom is 0.161 e. The molecule has 7 heteroatoms. The van der Waals surface area contributed by atoms with Gasteiger partial charge in [0.25, 0.3) is 0 Å². The first-order valence-corrected chi connectivity index (χ1v) is 10.4. The van der Waals surface area contributed by atoms with Crippen LogP contribution >= 0.6 is 0 Å². The van der Waals surface area contributed by atoms with E-state index in [1.807, 2.05) is 62.6 Å². The Morgan fingerprint density at radius 1 is 0.767 bits per heavy atom. The highest BCUT2D eigenvalue weighted by atomic mass is 16.6. The highest BCUT2D eigenvalue weighted by Crippen LogP contribution is 2.31.